The van der Waals surface area contributed by atoms with E-state index in [2.05, 4.69) is 20.1 Å². The van der Waals surface area contributed by atoms with Crippen molar-refractivity contribution in [2.75, 3.05) is 54.4 Å². The summed E-state index contributed by atoms with van der Waals surface area (Å²) in [5.41, 5.74) is 7.33. The lowest BCUT2D eigenvalue weighted by molar-refractivity contribution is -0.119. The molecule has 0 spiro atoms. The van der Waals surface area contributed by atoms with E-state index in [1.54, 1.807) is 10.3 Å². The zero-order chi connectivity index (χ0) is 21.1. The number of ketones is 1. The minimum absolute atomic E-state index is 0.270. The number of hydrogen-bond acceptors (Lipinski definition) is 7. The number of rotatable bonds is 4. The van der Waals surface area contributed by atoms with E-state index in [-0.39, 0.29) is 11.7 Å². The number of nitrogens with zero attached hydrogens (tertiary/aromatic N) is 4. The van der Waals surface area contributed by atoms with Crippen molar-refractivity contribution in [1.29, 1.82) is 0 Å². The summed E-state index contributed by atoms with van der Waals surface area (Å²) in [5, 5.41) is 5.48. The lowest BCUT2D eigenvalue weighted by Crippen LogP contribution is -2.50. The summed E-state index contributed by atoms with van der Waals surface area (Å²) >= 11 is 1.41. The SMILES string of the molecule is NC(=O)N1CCN(c2ccccc2NC(=O)c2csc(N3CCC(=O)CC3)n2)CC1. The van der Waals surface area contributed by atoms with Crippen molar-refractivity contribution >= 4 is 45.6 Å². The lowest BCUT2D eigenvalue weighted by Gasteiger charge is -2.36. The molecule has 30 heavy (non-hydrogen) atoms. The second kappa shape index (κ2) is 8.70. The third kappa shape index (κ3) is 4.38. The lowest BCUT2D eigenvalue weighted by atomic mass is 10.1. The highest BCUT2D eigenvalue weighted by molar-refractivity contribution is 7.14. The number of anilines is 3. The summed E-state index contributed by atoms with van der Waals surface area (Å²) < 4.78 is 0. The van der Waals surface area contributed by atoms with Gasteiger partial charge in [0.05, 0.1) is 11.4 Å². The van der Waals surface area contributed by atoms with Crippen LogP contribution in [0.15, 0.2) is 29.6 Å². The average Bonchev–Trinajstić information content (AvgIpc) is 3.25. The highest BCUT2D eigenvalue weighted by Crippen LogP contribution is 2.28. The number of benzene rings is 1. The number of nitrogens with two attached hydrogens (primary N) is 1. The van der Waals surface area contributed by atoms with Crippen molar-refractivity contribution in [3.63, 3.8) is 0 Å². The molecule has 0 radical (unpaired) electrons. The van der Waals surface area contributed by atoms with E-state index in [0.717, 1.165) is 10.8 Å². The Kier molecular flexibility index (Phi) is 5.84. The first-order valence-corrected chi connectivity index (χ1v) is 10.8. The number of para-hydroxylation sites is 2. The van der Waals surface area contributed by atoms with Gasteiger partial charge in [-0.15, -0.1) is 11.3 Å². The zero-order valence-electron chi connectivity index (χ0n) is 16.5. The van der Waals surface area contributed by atoms with Crippen LogP contribution in [0.25, 0.3) is 0 Å². The number of urea groups is 1. The van der Waals surface area contributed by atoms with Crippen LogP contribution in [0.1, 0.15) is 23.3 Å². The monoisotopic (exact) mass is 428 g/mol. The molecule has 2 fully saturated rings. The maximum absolute atomic E-state index is 12.8. The Labute approximate surface area is 178 Å². The van der Waals surface area contributed by atoms with Crippen molar-refractivity contribution in [3.05, 3.63) is 35.3 Å². The predicted molar refractivity (Wildman–Crippen MR) is 116 cm³/mol. The van der Waals surface area contributed by atoms with E-state index < -0.39 is 6.03 Å². The van der Waals surface area contributed by atoms with Crippen LogP contribution in [0.2, 0.25) is 0 Å². The normalized spacial score (nSPS) is 17.2. The van der Waals surface area contributed by atoms with Gasteiger partial charge in [0.1, 0.15) is 11.5 Å². The second-order valence-corrected chi connectivity index (χ2v) is 8.16. The van der Waals surface area contributed by atoms with Gasteiger partial charge < -0.3 is 25.8 Å². The molecule has 3 amide bonds. The molecular formula is C20H24N6O3S. The highest BCUT2D eigenvalue weighted by atomic mass is 32.1. The molecular weight excluding hydrogens is 404 g/mol. The summed E-state index contributed by atoms with van der Waals surface area (Å²) in [7, 11) is 0. The summed E-state index contributed by atoms with van der Waals surface area (Å²) in [6.07, 6.45) is 1.05. The molecule has 2 aliphatic heterocycles. The molecule has 2 saturated heterocycles. The minimum Gasteiger partial charge on any atom is -0.366 e. The van der Waals surface area contributed by atoms with Crippen LogP contribution in [-0.2, 0) is 4.79 Å². The number of carbonyl (C=O) groups is 3. The summed E-state index contributed by atoms with van der Waals surface area (Å²) in [5.74, 6) is 0.00264. The molecule has 0 bridgehead atoms. The number of amides is 3. The average molecular weight is 429 g/mol. The van der Waals surface area contributed by atoms with Gasteiger partial charge in [-0.25, -0.2) is 9.78 Å². The molecule has 3 heterocycles. The van der Waals surface area contributed by atoms with E-state index in [1.165, 1.54) is 11.3 Å². The molecule has 0 saturated carbocycles. The van der Waals surface area contributed by atoms with Gasteiger partial charge in [-0.3, -0.25) is 9.59 Å². The Bertz CT molecular complexity index is 944. The fourth-order valence-corrected chi connectivity index (χ4v) is 4.53. The first-order valence-electron chi connectivity index (χ1n) is 9.93. The summed E-state index contributed by atoms with van der Waals surface area (Å²) in [6, 6.07) is 7.19. The van der Waals surface area contributed by atoms with E-state index in [0.29, 0.717) is 63.5 Å². The molecule has 0 atom stereocenters. The number of hydrogen-bond donors (Lipinski definition) is 2. The van der Waals surface area contributed by atoms with Gasteiger partial charge in [0.2, 0.25) is 0 Å². The van der Waals surface area contributed by atoms with E-state index in [1.807, 2.05) is 24.3 Å². The third-order valence-corrected chi connectivity index (χ3v) is 6.30. The molecule has 0 aliphatic carbocycles. The number of piperidine rings is 1. The molecule has 2 aromatic rings. The Hall–Kier alpha value is -3.14. The standard InChI is InChI=1S/C20H24N6O3S/c21-19(29)25-11-9-24(10-12-25)17-4-2-1-3-15(17)22-18(28)16-13-30-20(23-16)26-7-5-14(27)6-8-26/h1-4,13H,5-12H2,(H2,21,29)(H,22,28). The van der Waals surface area contributed by atoms with Gasteiger partial charge in [-0.2, -0.15) is 0 Å². The second-order valence-electron chi connectivity index (χ2n) is 7.32. The Morgan fingerprint density at radius 1 is 1.00 bits per heavy atom. The number of piperazine rings is 1. The summed E-state index contributed by atoms with van der Waals surface area (Å²) in [6.45, 7) is 3.67. The number of primary amides is 1. The van der Waals surface area contributed by atoms with Crippen LogP contribution in [0.5, 0.6) is 0 Å². The van der Waals surface area contributed by atoms with Crippen LogP contribution >= 0.6 is 11.3 Å². The Balaban J connectivity index is 1.43. The predicted octanol–water partition coefficient (Wildman–Crippen LogP) is 1.77. The van der Waals surface area contributed by atoms with Crippen molar-refractivity contribution in [1.82, 2.24) is 9.88 Å². The largest absolute Gasteiger partial charge is 0.366 e. The molecule has 1 aromatic carbocycles. The first-order chi connectivity index (χ1) is 14.5. The zero-order valence-corrected chi connectivity index (χ0v) is 17.4. The minimum atomic E-state index is -0.409. The number of aromatic nitrogens is 1. The maximum atomic E-state index is 12.8. The number of Topliss-reactive ketones (excluding diaryl/α,β-unsaturated/α-hetero) is 1. The van der Waals surface area contributed by atoms with Crippen molar-refractivity contribution < 1.29 is 14.4 Å². The molecule has 3 N–H and O–H groups in total. The Morgan fingerprint density at radius 3 is 2.40 bits per heavy atom. The van der Waals surface area contributed by atoms with Gasteiger partial charge in [0.25, 0.3) is 5.91 Å². The molecule has 2 aliphatic rings. The molecule has 158 valence electrons. The molecule has 4 rings (SSSR count). The van der Waals surface area contributed by atoms with E-state index in [9.17, 15) is 14.4 Å². The van der Waals surface area contributed by atoms with Gasteiger partial charge in [0, 0.05) is 57.5 Å². The third-order valence-electron chi connectivity index (χ3n) is 5.40. The van der Waals surface area contributed by atoms with E-state index in [4.69, 9.17) is 5.73 Å². The molecule has 9 nitrogen and oxygen atoms in total. The highest BCUT2D eigenvalue weighted by Gasteiger charge is 2.23. The smallest absolute Gasteiger partial charge is 0.314 e. The van der Waals surface area contributed by atoms with Crippen LogP contribution in [0, 0.1) is 0 Å². The fourth-order valence-electron chi connectivity index (χ4n) is 3.67. The van der Waals surface area contributed by atoms with E-state index >= 15 is 0 Å². The van der Waals surface area contributed by atoms with Gasteiger partial charge in [-0.1, -0.05) is 12.1 Å². The van der Waals surface area contributed by atoms with Crippen molar-refractivity contribution in [3.8, 4) is 0 Å². The van der Waals surface area contributed by atoms with Crippen LogP contribution in [0.4, 0.5) is 21.3 Å². The van der Waals surface area contributed by atoms with Gasteiger partial charge in [0.15, 0.2) is 5.13 Å². The van der Waals surface area contributed by atoms with Gasteiger partial charge in [-0.05, 0) is 12.1 Å². The Morgan fingerprint density at radius 2 is 1.70 bits per heavy atom. The molecule has 10 heteroatoms. The van der Waals surface area contributed by atoms with Crippen molar-refractivity contribution in [2.45, 2.75) is 12.8 Å². The van der Waals surface area contributed by atoms with Crippen molar-refractivity contribution in [2.24, 2.45) is 5.73 Å². The summed E-state index contributed by atoms with van der Waals surface area (Å²) in [4.78, 5) is 45.9. The topological polar surface area (TPSA) is 112 Å². The van der Waals surface area contributed by atoms with Crippen LogP contribution in [-0.4, -0.2) is 66.9 Å². The van der Waals surface area contributed by atoms with Crippen LogP contribution in [0.3, 0.4) is 0 Å². The van der Waals surface area contributed by atoms with Crippen LogP contribution < -0.4 is 20.9 Å². The molecule has 1 aromatic heterocycles. The first kappa shape index (κ1) is 20.1. The fraction of sp³-hybridized carbons (Fsp3) is 0.400. The number of thiazole rings is 1. The molecule has 0 unspecified atom stereocenters. The number of carbonyl (C=O) groups excluding carboxylic acids is 3. The number of nitrogens with one attached hydrogen (secondary N) is 1. The maximum Gasteiger partial charge on any atom is 0.314 e. The quantitative estimate of drug-likeness (QED) is 0.768. The van der Waals surface area contributed by atoms with Gasteiger partial charge >= 0.3 is 6.03 Å².